The van der Waals surface area contributed by atoms with Gasteiger partial charge in [-0.25, -0.2) is 0 Å². The number of benzene rings is 1. The Kier molecular flexibility index (Phi) is 6.13. The molecule has 21 heavy (non-hydrogen) atoms. The summed E-state index contributed by atoms with van der Waals surface area (Å²) in [6.45, 7) is 10.2. The first kappa shape index (κ1) is 17.3. The predicted molar refractivity (Wildman–Crippen MR) is 95.1 cm³/mol. The average molecular weight is 374 g/mol. The van der Waals surface area contributed by atoms with Gasteiger partial charge in [0.1, 0.15) is 0 Å². The molecule has 1 N–H and O–H groups in total. The van der Waals surface area contributed by atoms with E-state index in [1.54, 1.807) is 0 Å². The van der Waals surface area contributed by atoms with E-state index in [2.05, 4.69) is 59.1 Å². The van der Waals surface area contributed by atoms with E-state index >= 15 is 0 Å². The number of hydrogen-bond acceptors (Lipinski definition) is 2. The van der Waals surface area contributed by atoms with Crippen LogP contribution >= 0.6 is 27.5 Å². The molecule has 0 bridgehead atoms. The van der Waals surface area contributed by atoms with E-state index in [0.717, 1.165) is 29.0 Å². The second kappa shape index (κ2) is 7.45. The minimum absolute atomic E-state index is 0.326. The molecule has 1 fully saturated rings. The molecule has 1 aliphatic rings. The third kappa shape index (κ3) is 4.44. The van der Waals surface area contributed by atoms with Gasteiger partial charge in [-0.15, -0.1) is 0 Å². The number of hydrogen-bond donors (Lipinski definition) is 1. The van der Waals surface area contributed by atoms with Gasteiger partial charge in [0.25, 0.3) is 0 Å². The molecule has 1 heterocycles. The quantitative estimate of drug-likeness (QED) is 0.753. The first-order valence-corrected chi connectivity index (χ1v) is 9.04. The second-order valence-electron chi connectivity index (χ2n) is 6.47. The highest BCUT2D eigenvalue weighted by molar-refractivity contribution is 9.10. The van der Waals surface area contributed by atoms with Gasteiger partial charge in [-0.3, -0.25) is 4.90 Å². The van der Waals surface area contributed by atoms with Crippen LogP contribution in [0.4, 0.5) is 0 Å². The zero-order valence-corrected chi connectivity index (χ0v) is 15.6. The minimum atomic E-state index is 0.326. The number of likely N-dealkylation sites (tertiary alicyclic amines) is 1. The van der Waals surface area contributed by atoms with E-state index in [4.69, 9.17) is 11.6 Å². The maximum absolute atomic E-state index is 6.43. The summed E-state index contributed by atoms with van der Waals surface area (Å²) in [5.41, 5.74) is 1.55. The summed E-state index contributed by atoms with van der Waals surface area (Å²) < 4.78 is 1.03. The van der Waals surface area contributed by atoms with Crippen LogP contribution in [0.3, 0.4) is 0 Å². The Morgan fingerprint density at radius 3 is 2.76 bits per heavy atom. The Hall–Kier alpha value is -0.0900. The topological polar surface area (TPSA) is 15.3 Å². The summed E-state index contributed by atoms with van der Waals surface area (Å²) >= 11 is 9.91. The van der Waals surface area contributed by atoms with Crippen molar-refractivity contribution < 1.29 is 0 Å². The van der Waals surface area contributed by atoms with Gasteiger partial charge in [0.2, 0.25) is 0 Å². The van der Waals surface area contributed by atoms with Gasteiger partial charge in [0.15, 0.2) is 0 Å². The van der Waals surface area contributed by atoms with Crippen molar-refractivity contribution >= 4 is 27.5 Å². The Bertz CT molecular complexity index is 476. The molecule has 0 saturated carbocycles. The molecule has 2 rings (SSSR count). The summed E-state index contributed by atoms with van der Waals surface area (Å²) in [4.78, 5) is 2.62. The van der Waals surface area contributed by atoms with Gasteiger partial charge >= 0.3 is 0 Å². The zero-order chi connectivity index (χ0) is 15.5. The molecule has 0 radical (unpaired) electrons. The third-order valence-electron chi connectivity index (χ3n) is 4.55. The van der Waals surface area contributed by atoms with Crippen LogP contribution in [-0.2, 0) is 0 Å². The minimum Gasteiger partial charge on any atom is -0.310 e. The molecule has 4 heteroatoms. The van der Waals surface area contributed by atoms with Gasteiger partial charge in [0.05, 0.1) is 0 Å². The fourth-order valence-electron chi connectivity index (χ4n) is 3.26. The Morgan fingerprint density at radius 1 is 1.43 bits per heavy atom. The Labute approximate surface area is 142 Å². The number of nitrogens with zero attached hydrogens (tertiary/aromatic N) is 1. The van der Waals surface area contributed by atoms with Gasteiger partial charge in [0, 0.05) is 27.6 Å². The standard InChI is InChI=1S/C17H26BrClN2/c1-4-20-16(14-7-6-13(18)12-15(14)19)8-11-21-10-5-9-17(21,2)3/h6-7,12,16,20H,4-5,8-11H2,1-3H3. The SMILES string of the molecule is CCNC(CCN1CCCC1(C)C)c1ccc(Br)cc1Cl. The lowest BCUT2D eigenvalue weighted by Crippen LogP contribution is -2.40. The largest absolute Gasteiger partial charge is 0.310 e. The van der Waals surface area contributed by atoms with Gasteiger partial charge < -0.3 is 5.32 Å². The van der Waals surface area contributed by atoms with Crippen molar-refractivity contribution in [1.82, 2.24) is 10.2 Å². The fourth-order valence-corrected chi connectivity index (χ4v) is 4.07. The first-order valence-electron chi connectivity index (χ1n) is 7.87. The summed E-state index contributed by atoms with van der Waals surface area (Å²) in [6, 6.07) is 6.52. The van der Waals surface area contributed by atoms with Crippen LogP contribution < -0.4 is 5.32 Å². The third-order valence-corrected chi connectivity index (χ3v) is 5.37. The van der Waals surface area contributed by atoms with Crippen molar-refractivity contribution in [3.63, 3.8) is 0 Å². The van der Waals surface area contributed by atoms with E-state index in [1.165, 1.54) is 24.9 Å². The highest BCUT2D eigenvalue weighted by Crippen LogP contribution is 2.32. The van der Waals surface area contributed by atoms with E-state index < -0.39 is 0 Å². The zero-order valence-electron chi connectivity index (χ0n) is 13.3. The summed E-state index contributed by atoms with van der Waals surface area (Å²) in [6.07, 6.45) is 3.72. The van der Waals surface area contributed by atoms with Crippen molar-refractivity contribution in [3.05, 3.63) is 33.3 Å². The lowest BCUT2D eigenvalue weighted by molar-refractivity contribution is 0.166. The first-order chi connectivity index (χ1) is 9.94. The van der Waals surface area contributed by atoms with Crippen molar-refractivity contribution in [1.29, 1.82) is 0 Å². The molecule has 2 nitrogen and oxygen atoms in total. The molecule has 0 amide bonds. The lowest BCUT2D eigenvalue weighted by Gasteiger charge is -2.33. The van der Waals surface area contributed by atoms with Crippen LogP contribution in [0.25, 0.3) is 0 Å². The molecular weight excluding hydrogens is 348 g/mol. The normalized spacial score (nSPS) is 19.9. The van der Waals surface area contributed by atoms with Gasteiger partial charge in [-0.2, -0.15) is 0 Å². The van der Waals surface area contributed by atoms with Crippen LogP contribution in [0.2, 0.25) is 5.02 Å². The summed E-state index contributed by atoms with van der Waals surface area (Å²) in [5.74, 6) is 0. The van der Waals surface area contributed by atoms with Crippen LogP contribution in [0.5, 0.6) is 0 Å². The van der Waals surface area contributed by atoms with Crippen LogP contribution in [0.1, 0.15) is 51.6 Å². The molecule has 1 unspecified atom stereocenters. The molecule has 0 spiro atoms. The molecular formula is C17H26BrClN2. The molecule has 1 aromatic carbocycles. The fraction of sp³-hybridized carbons (Fsp3) is 0.647. The molecule has 118 valence electrons. The predicted octanol–water partition coefficient (Wildman–Crippen LogP) is 5.02. The molecule has 0 aliphatic carbocycles. The average Bonchev–Trinajstić information content (AvgIpc) is 2.74. The second-order valence-corrected chi connectivity index (χ2v) is 7.79. The number of rotatable bonds is 6. The Morgan fingerprint density at radius 2 is 2.19 bits per heavy atom. The van der Waals surface area contributed by atoms with E-state index in [1.807, 2.05) is 6.07 Å². The number of nitrogens with one attached hydrogen (secondary N) is 1. The van der Waals surface area contributed by atoms with Crippen molar-refractivity contribution in [2.75, 3.05) is 19.6 Å². The monoisotopic (exact) mass is 372 g/mol. The van der Waals surface area contributed by atoms with Crippen molar-refractivity contribution in [2.24, 2.45) is 0 Å². The van der Waals surface area contributed by atoms with Crippen molar-refractivity contribution in [2.45, 2.75) is 51.6 Å². The smallest absolute Gasteiger partial charge is 0.0465 e. The van der Waals surface area contributed by atoms with Gasteiger partial charge in [-0.05, 0) is 63.9 Å². The lowest BCUT2D eigenvalue weighted by atomic mass is 10.00. The molecule has 1 saturated heterocycles. The van der Waals surface area contributed by atoms with Crippen molar-refractivity contribution in [3.8, 4) is 0 Å². The molecule has 1 aromatic rings. The molecule has 1 atom stereocenters. The summed E-state index contributed by atoms with van der Waals surface area (Å²) in [5, 5.41) is 4.43. The summed E-state index contributed by atoms with van der Waals surface area (Å²) in [7, 11) is 0. The van der Waals surface area contributed by atoms with Gasteiger partial charge in [-0.1, -0.05) is 40.5 Å². The number of halogens is 2. The molecule has 0 aromatic heterocycles. The van der Waals surface area contributed by atoms with E-state index in [0.29, 0.717) is 11.6 Å². The highest BCUT2D eigenvalue weighted by Gasteiger charge is 2.31. The molecule has 1 aliphatic heterocycles. The van der Waals surface area contributed by atoms with E-state index in [9.17, 15) is 0 Å². The van der Waals surface area contributed by atoms with Crippen LogP contribution in [0, 0.1) is 0 Å². The van der Waals surface area contributed by atoms with Crippen LogP contribution in [-0.4, -0.2) is 30.1 Å². The Balaban J connectivity index is 2.05. The van der Waals surface area contributed by atoms with Crippen LogP contribution in [0.15, 0.2) is 22.7 Å². The van der Waals surface area contributed by atoms with E-state index in [-0.39, 0.29) is 0 Å². The highest BCUT2D eigenvalue weighted by atomic mass is 79.9. The maximum atomic E-state index is 6.43. The maximum Gasteiger partial charge on any atom is 0.0465 e.